The number of aryl methyl sites for hydroxylation is 1. The van der Waals surface area contributed by atoms with Gasteiger partial charge in [-0.25, -0.2) is 4.39 Å². The van der Waals surface area contributed by atoms with Gasteiger partial charge in [0.05, 0.1) is 5.69 Å². The molecule has 0 bridgehead atoms. The van der Waals surface area contributed by atoms with Crippen LogP contribution in [0.25, 0.3) is 0 Å². The van der Waals surface area contributed by atoms with Gasteiger partial charge in [0.2, 0.25) is 5.91 Å². The van der Waals surface area contributed by atoms with Gasteiger partial charge in [0.25, 0.3) is 0 Å². The number of ether oxygens (including phenoxy) is 1. The third-order valence-corrected chi connectivity index (χ3v) is 7.06. The normalized spacial score (nSPS) is 20.5. The molecule has 5 nitrogen and oxygen atoms in total. The number of halogens is 3. The van der Waals surface area contributed by atoms with E-state index in [1.54, 1.807) is 12.1 Å². The van der Waals surface area contributed by atoms with Gasteiger partial charge in [-0.1, -0.05) is 23.2 Å². The van der Waals surface area contributed by atoms with Crippen LogP contribution in [0.2, 0.25) is 10.0 Å². The molecule has 1 aliphatic carbocycles. The minimum atomic E-state index is -0.336. The summed E-state index contributed by atoms with van der Waals surface area (Å²) >= 11 is 13.0. The summed E-state index contributed by atoms with van der Waals surface area (Å²) in [5.41, 5.74) is 3.08. The predicted octanol–water partition coefficient (Wildman–Crippen LogP) is 5.60. The maximum atomic E-state index is 13.2. The molecule has 0 spiro atoms. The Morgan fingerprint density at radius 2 is 1.88 bits per heavy atom. The molecule has 3 aromatic rings. The Bertz CT molecular complexity index is 1130. The fraction of sp³-hybridized carbons (Fsp3) is 0.333. The Hall–Kier alpha value is -2.57. The first-order chi connectivity index (χ1) is 15.5. The Morgan fingerprint density at radius 1 is 1.12 bits per heavy atom. The number of likely N-dealkylation sites (tertiary alicyclic amines) is 1. The van der Waals surface area contributed by atoms with E-state index < -0.39 is 0 Å². The number of carbonyl (C=O) groups excluding carboxylic acids is 1. The van der Waals surface area contributed by atoms with E-state index in [1.165, 1.54) is 29.8 Å². The highest BCUT2D eigenvalue weighted by Crippen LogP contribution is 2.37. The molecule has 0 radical (unpaired) electrons. The molecule has 1 aliphatic heterocycles. The number of nitrogens with one attached hydrogen (secondary N) is 1. The van der Waals surface area contributed by atoms with E-state index in [1.807, 2.05) is 11.1 Å². The fourth-order valence-corrected chi connectivity index (χ4v) is 5.32. The molecule has 0 unspecified atom stereocenters. The van der Waals surface area contributed by atoms with Crippen molar-refractivity contribution in [2.24, 2.45) is 5.92 Å². The lowest BCUT2D eigenvalue weighted by molar-refractivity contribution is -0.133. The van der Waals surface area contributed by atoms with Crippen molar-refractivity contribution in [2.75, 3.05) is 6.54 Å². The average Bonchev–Trinajstić information content (AvgIpc) is 3.38. The van der Waals surface area contributed by atoms with Gasteiger partial charge in [0.15, 0.2) is 0 Å². The largest absolute Gasteiger partial charge is 0.457 e. The number of hydrogen-bond acceptors (Lipinski definition) is 3. The van der Waals surface area contributed by atoms with Crippen LogP contribution in [0.15, 0.2) is 42.6 Å². The van der Waals surface area contributed by atoms with E-state index in [0.29, 0.717) is 28.0 Å². The summed E-state index contributed by atoms with van der Waals surface area (Å²) in [5.74, 6) is 0.645. The number of carbonyl (C=O) groups is 1. The first-order valence-corrected chi connectivity index (χ1v) is 11.5. The minimum absolute atomic E-state index is 0.139. The van der Waals surface area contributed by atoms with E-state index in [-0.39, 0.29) is 23.7 Å². The van der Waals surface area contributed by atoms with E-state index in [9.17, 15) is 9.18 Å². The summed E-state index contributed by atoms with van der Waals surface area (Å²) in [6, 6.07) is 9.31. The smallest absolute Gasteiger partial charge is 0.226 e. The standard InChI is InChI=1S/C24H22Cl2FN3O2/c25-21-11-19(32-18-4-1-16(27)2-5-18)12-22(26)20(21)10-14-7-8-30(24(14)31)17-3-6-23-15(9-17)13-28-29-23/h1-2,4-5,11-14,17H,3,6-10H2,(H,28,29)/t14-,17-/m0/s1. The number of fused-ring (bicyclic) bond motifs is 1. The number of nitrogens with zero attached hydrogens (tertiary/aromatic N) is 2. The zero-order valence-corrected chi connectivity index (χ0v) is 18.8. The van der Waals surface area contributed by atoms with Crippen molar-refractivity contribution in [1.29, 1.82) is 0 Å². The number of H-pyrrole nitrogens is 1. The minimum Gasteiger partial charge on any atom is -0.457 e. The third kappa shape index (κ3) is 4.21. The first-order valence-electron chi connectivity index (χ1n) is 10.7. The number of rotatable bonds is 5. The van der Waals surface area contributed by atoms with Gasteiger partial charge in [-0.2, -0.15) is 5.10 Å². The SMILES string of the molecule is O=C1[C@H](Cc2c(Cl)cc(Oc3ccc(F)cc3)cc2Cl)CCN1[C@H]1CCc2n[nH]cc2C1. The van der Waals surface area contributed by atoms with Crippen LogP contribution in [-0.2, 0) is 24.1 Å². The fourth-order valence-electron chi connectivity index (χ4n) is 4.70. The van der Waals surface area contributed by atoms with Crippen molar-refractivity contribution in [3.05, 3.63) is 75.3 Å². The highest BCUT2D eigenvalue weighted by molar-refractivity contribution is 6.36. The van der Waals surface area contributed by atoms with Crippen molar-refractivity contribution in [2.45, 2.75) is 38.1 Å². The van der Waals surface area contributed by atoms with Gasteiger partial charge < -0.3 is 9.64 Å². The summed E-state index contributed by atoms with van der Waals surface area (Å²) in [7, 11) is 0. The lowest BCUT2D eigenvalue weighted by Gasteiger charge is -2.31. The van der Waals surface area contributed by atoms with Crippen LogP contribution in [0.5, 0.6) is 11.5 Å². The monoisotopic (exact) mass is 473 g/mol. The molecule has 1 amide bonds. The van der Waals surface area contributed by atoms with Gasteiger partial charge in [0, 0.05) is 34.7 Å². The molecule has 2 aliphatic rings. The van der Waals surface area contributed by atoms with E-state index in [0.717, 1.165) is 43.5 Å². The van der Waals surface area contributed by atoms with Crippen molar-refractivity contribution in [3.63, 3.8) is 0 Å². The van der Waals surface area contributed by atoms with E-state index in [4.69, 9.17) is 27.9 Å². The summed E-state index contributed by atoms with van der Waals surface area (Å²) in [6.45, 7) is 0.752. The maximum Gasteiger partial charge on any atom is 0.226 e. The molecule has 2 aromatic carbocycles. The first kappa shape index (κ1) is 21.3. The number of hydrogen-bond donors (Lipinski definition) is 1. The molecule has 1 saturated heterocycles. The number of benzene rings is 2. The molecule has 5 rings (SSSR count). The second kappa shape index (κ2) is 8.75. The number of aromatic nitrogens is 2. The van der Waals surface area contributed by atoms with Crippen LogP contribution in [0.3, 0.4) is 0 Å². The summed E-state index contributed by atoms with van der Waals surface area (Å²) < 4.78 is 18.8. The average molecular weight is 474 g/mol. The Balaban J connectivity index is 1.27. The lowest BCUT2D eigenvalue weighted by Crippen LogP contribution is -2.41. The van der Waals surface area contributed by atoms with Gasteiger partial charge in [-0.15, -0.1) is 0 Å². The van der Waals surface area contributed by atoms with Crippen LogP contribution in [0, 0.1) is 11.7 Å². The van der Waals surface area contributed by atoms with Crippen LogP contribution in [0.1, 0.15) is 29.7 Å². The van der Waals surface area contributed by atoms with E-state index >= 15 is 0 Å². The molecule has 2 atom stereocenters. The molecule has 8 heteroatoms. The molecule has 1 N–H and O–H groups in total. The molecule has 1 fully saturated rings. The van der Waals surface area contributed by atoms with Crippen LogP contribution < -0.4 is 4.74 Å². The quantitative estimate of drug-likeness (QED) is 0.524. The molecule has 166 valence electrons. The van der Waals surface area contributed by atoms with Gasteiger partial charge in [-0.05, 0) is 79.6 Å². The van der Waals surface area contributed by atoms with Crippen molar-refractivity contribution < 1.29 is 13.9 Å². The maximum absolute atomic E-state index is 13.2. The lowest BCUT2D eigenvalue weighted by atomic mass is 9.92. The molecule has 32 heavy (non-hydrogen) atoms. The topological polar surface area (TPSA) is 58.2 Å². The van der Waals surface area contributed by atoms with Crippen LogP contribution in [-0.4, -0.2) is 33.6 Å². The third-order valence-electron chi connectivity index (χ3n) is 6.38. The molecule has 2 heterocycles. The molecule has 0 saturated carbocycles. The zero-order chi connectivity index (χ0) is 22.2. The van der Waals surface area contributed by atoms with Crippen LogP contribution >= 0.6 is 23.2 Å². The van der Waals surface area contributed by atoms with Crippen molar-refractivity contribution in [3.8, 4) is 11.5 Å². The second-order valence-corrected chi connectivity index (χ2v) is 9.21. The summed E-state index contributed by atoms with van der Waals surface area (Å²) in [4.78, 5) is 15.2. The Kier molecular flexibility index (Phi) is 5.82. The van der Waals surface area contributed by atoms with E-state index in [2.05, 4.69) is 10.2 Å². The van der Waals surface area contributed by atoms with Crippen molar-refractivity contribution in [1.82, 2.24) is 15.1 Å². The Morgan fingerprint density at radius 3 is 2.62 bits per heavy atom. The molecule has 1 aromatic heterocycles. The summed E-state index contributed by atoms with van der Waals surface area (Å²) in [6.07, 6.45) is 5.90. The van der Waals surface area contributed by atoms with Gasteiger partial charge >= 0.3 is 0 Å². The molecular weight excluding hydrogens is 452 g/mol. The second-order valence-electron chi connectivity index (χ2n) is 8.40. The number of amides is 1. The van der Waals surface area contributed by atoms with Crippen LogP contribution in [0.4, 0.5) is 4.39 Å². The number of aromatic amines is 1. The summed E-state index contributed by atoms with van der Waals surface area (Å²) in [5, 5.41) is 8.13. The zero-order valence-electron chi connectivity index (χ0n) is 17.3. The van der Waals surface area contributed by atoms with Gasteiger partial charge in [0.1, 0.15) is 17.3 Å². The van der Waals surface area contributed by atoms with Gasteiger partial charge in [-0.3, -0.25) is 9.89 Å². The highest BCUT2D eigenvalue weighted by atomic mass is 35.5. The van der Waals surface area contributed by atoms with Crippen molar-refractivity contribution >= 4 is 29.1 Å². The highest BCUT2D eigenvalue weighted by Gasteiger charge is 2.38. The predicted molar refractivity (Wildman–Crippen MR) is 121 cm³/mol. The Labute approximate surface area is 195 Å². The molecular formula is C24H22Cl2FN3O2.